The van der Waals surface area contributed by atoms with Gasteiger partial charge in [-0.3, -0.25) is 0 Å². The fourth-order valence-corrected chi connectivity index (χ4v) is 11.9. The fourth-order valence-electron chi connectivity index (χ4n) is 11.9. The first-order chi connectivity index (χ1) is 24.6. The lowest BCUT2D eigenvalue weighted by Crippen LogP contribution is -2.64. The highest BCUT2D eigenvalue weighted by Gasteiger charge is 2.68. The smallest absolute Gasteiger partial charge is 0.189 e. The Morgan fingerprint density at radius 3 is 2.35 bits per heavy atom. The van der Waals surface area contributed by atoms with E-state index in [1.807, 2.05) is 6.92 Å². The summed E-state index contributed by atoms with van der Waals surface area (Å²) in [4.78, 5) is 0. The monoisotopic (exact) mass is 742 g/mol. The molecule has 52 heavy (non-hydrogen) atoms. The molecule has 0 aromatic rings. The van der Waals surface area contributed by atoms with E-state index in [2.05, 4.69) is 26.8 Å². The van der Waals surface area contributed by atoms with Crippen molar-refractivity contribution in [2.45, 2.75) is 165 Å². The maximum Gasteiger partial charge on any atom is 0.189 e. The van der Waals surface area contributed by atoms with Crippen molar-refractivity contribution in [2.24, 2.45) is 46.3 Å². The first-order valence-corrected chi connectivity index (χ1v) is 19.6. The zero-order valence-electron chi connectivity index (χ0n) is 30.8. The van der Waals surface area contributed by atoms with Crippen LogP contribution in [0, 0.1) is 46.3 Å². The van der Waals surface area contributed by atoms with Gasteiger partial charge in [-0.25, -0.2) is 0 Å². The van der Waals surface area contributed by atoms with Gasteiger partial charge in [-0.2, -0.15) is 0 Å². The third-order valence-corrected chi connectivity index (χ3v) is 15.0. The van der Waals surface area contributed by atoms with Crippen LogP contribution in [-0.4, -0.2) is 139 Å². The first kappa shape index (κ1) is 39.4. The molecule has 9 N–H and O–H groups in total. The molecule has 3 heterocycles. The Bertz CT molecular complexity index is 1300. The average molecular weight is 743 g/mol. The van der Waals surface area contributed by atoms with E-state index in [1.165, 1.54) is 5.57 Å². The number of aliphatic hydroxyl groups excluding tert-OH is 8. The van der Waals surface area contributed by atoms with Crippen LogP contribution in [0.5, 0.6) is 0 Å². The zero-order chi connectivity index (χ0) is 37.5. The second-order valence-corrected chi connectivity index (χ2v) is 17.9. The molecule has 4 aliphatic carbocycles. The van der Waals surface area contributed by atoms with Crippen LogP contribution < -0.4 is 0 Å². The van der Waals surface area contributed by atoms with Gasteiger partial charge in [0, 0.05) is 18.9 Å². The normalized spacial score (nSPS) is 55.2. The summed E-state index contributed by atoms with van der Waals surface area (Å²) in [7, 11) is 0. The molecule has 0 spiro atoms. The van der Waals surface area contributed by atoms with Crippen LogP contribution in [0.4, 0.5) is 0 Å². The minimum absolute atomic E-state index is 0.0161. The summed E-state index contributed by atoms with van der Waals surface area (Å²) in [5.74, 6) is 0.745. The molecule has 7 rings (SSSR count). The van der Waals surface area contributed by atoms with Crippen LogP contribution in [0.25, 0.3) is 0 Å². The molecule has 3 aliphatic heterocycles. The van der Waals surface area contributed by atoms with Crippen LogP contribution in [0.2, 0.25) is 0 Å². The molecule has 3 unspecified atom stereocenters. The molecular formula is C38H62O14. The van der Waals surface area contributed by atoms with E-state index in [0.717, 1.165) is 38.5 Å². The molecule has 0 radical (unpaired) electrons. The number of ether oxygens (including phenoxy) is 5. The van der Waals surface area contributed by atoms with Crippen molar-refractivity contribution < 1.29 is 69.6 Å². The van der Waals surface area contributed by atoms with Crippen LogP contribution in [0.1, 0.15) is 85.5 Å². The van der Waals surface area contributed by atoms with Gasteiger partial charge < -0.3 is 69.6 Å². The molecule has 298 valence electrons. The molecular weight excluding hydrogens is 680 g/mol. The summed E-state index contributed by atoms with van der Waals surface area (Å²) in [5, 5.41) is 93.4. The highest BCUT2D eigenvalue weighted by Crippen LogP contribution is 2.70. The van der Waals surface area contributed by atoms with Crippen molar-refractivity contribution >= 4 is 0 Å². The van der Waals surface area contributed by atoms with Gasteiger partial charge in [0.05, 0.1) is 18.8 Å². The quantitative estimate of drug-likeness (QED) is 0.145. The molecule has 14 nitrogen and oxygen atoms in total. The van der Waals surface area contributed by atoms with Gasteiger partial charge in [-0.1, -0.05) is 39.3 Å². The Hall–Kier alpha value is -0.820. The highest BCUT2D eigenvalue weighted by atomic mass is 16.8. The third-order valence-electron chi connectivity index (χ3n) is 15.0. The molecule has 21 atom stereocenters. The standard InChI is InChI=1S/C38H62O14/c1-17(15-39)7-12-38(47)18(2)26-24(52-38)14-23-21-6-5-19-13-20(8-10-36(19,3)22(21)9-11-37(23,26)4)48-35-32(29(43)27(41)25(16-40)49-35)50-34-31(45)28(42)30(44)33(46)51-34/h5,17-18,20-35,39-47H,6-16H2,1-4H3/t17-,18-,20?,21+,22-,23-,24?,25+,26+,27+,28+,29-,30+,31+,32+,33+,34+,35+,36-,37-,38?/m0/s1. The van der Waals surface area contributed by atoms with Gasteiger partial charge in [0.1, 0.15) is 42.7 Å². The van der Waals surface area contributed by atoms with E-state index in [-0.39, 0.29) is 47.4 Å². The average Bonchev–Trinajstić information content (AvgIpc) is 3.56. The molecule has 7 aliphatic rings. The van der Waals surface area contributed by atoms with Crippen molar-refractivity contribution in [1.29, 1.82) is 0 Å². The lowest BCUT2D eigenvalue weighted by atomic mass is 9.47. The first-order valence-electron chi connectivity index (χ1n) is 19.6. The number of fused-ring (bicyclic) bond motifs is 7. The maximum atomic E-state index is 11.7. The number of aliphatic hydroxyl groups is 9. The van der Waals surface area contributed by atoms with Gasteiger partial charge in [0.15, 0.2) is 24.7 Å². The molecule has 6 fully saturated rings. The number of hydrogen-bond donors (Lipinski definition) is 9. The van der Waals surface area contributed by atoms with E-state index in [0.29, 0.717) is 37.0 Å². The third kappa shape index (κ3) is 6.44. The molecule has 3 saturated carbocycles. The van der Waals surface area contributed by atoms with E-state index in [9.17, 15) is 46.0 Å². The van der Waals surface area contributed by atoms with Crippen molar-refractivity contribution in [1.82, 2.24) is 0 Å². The predicted octanol–water partition coefficient (Wildman–Crippen LogP) is 0.274. The maximum absolute atomic E-state index is 11.7. The molecule has 3 saturated heterocycles. The van der Waals surface area contributed by atoms with Crippen LogP contribution in [-0.2, 0) is 23.7 Å². The van der Waals surface area contributed by atoms with E-state index in [1.54, 1.807) is 0 Å². The summed E-state index contributed by atoms with van der Waals surface area (Å²) in [5.41, 5.74) is 1.36. The largest absolute Gasteiger partial charge is 0.396 e. The Morgan fingerprint density at radius 2 is 1.63 bits per heavy atom. The molecule has 0 amide bonds. The topological polar surface area (TPSA) is 228 Å². The minimum atomic E-state index is -1.87. The summed E-state index contributed by atoms with van der Waals surface area (Å²) in [6.07, 6.45) is -6.44. The Morgan fingerprint density at radius 1 is 0.885 bits per heavy atom. The summed E-state index contributed by atoms with van der Waals surface area (Å²) in [6.45, 7) is 8.47. The van der Waals surface area contributed by atoms with Crippen LogP contribution in [0.3, 0.4) is 0 Å². The van der Waals surface area contributed by atoms with Gasteiger partial charge in [0.25, 0.3) is 0 Å². The fraction of sp³-hybridized carbons (Fsp3) is 0.947. The summed E-state index contributed by atoms with van der Waals surface area (Å²) < 4.78 is 29.9. The number of allylic oxidation sites excluding steroid dienone is 1. The lowest BCUT2D eigenvalue weighted by Gasteiger charge is -2.58. The lowest BCUT2D eigenvalue weighted by molar-refractivity contribution is -0.388. The minimum Gasteiger partial charge on any atom is -0.396 e. The van der Waals surface area contributed by atoms with Crippen molar-refractivity contribution in [3.8, 4) is 0 Å². The molecule has 0 aromatic carbocycles. The number of rotatable bonds is 9. The summed E-state index contributed by atoms with van der Waals surface area (Å²) >= 11 is 0. The SMILES string of the molecule is C[C@H](CO)CCC1(O)OC2C[C@H]3[C@@H]4CC=C5CC(O[C@@H]6O[C@H](CO)[C@@H](O)[C@H](O)[C@H]6O[C@@H]6O[C@@H](O)[C@H](O)[C@@H](O)[C@H]6O)CC[C@]5(C)[C@H]4CC[C@]3(C)[C@@H]2[C@@H]1C. The van der Waals surface area contributed by atoms with E-state index in [4.69, 9.17) is 23.7 Å². The summed E-state index contributed by atoms with van der Waals surface area (Å²) in [6, 6.07) is 0. The number of hydrogen-bond acceptors (Lipinski definition) is 14. The van der Waals surface area contributed by atoms with E-state index >= 15 is 0 Å². The van der Waals surface area contributed by atoms with Crippen molar-refractivity contribution in [3.05, 3.63) is 11.6 Å². The Kier molecular flexibility index (Phi) is 11.1. The second kappa shape index (κ2) is 14.6. The Labute approximate surface area is 305 Å². The van der Waals surface area contributed by atoms with E-state index < -0.39 is 74.0 Å². The van der Waals surface area contributed by atoms with Crippen molar-refractivity contribution in [3.63, 3.8) is 0 Å². The van der Waals surface area contributed by atoms with Gasteiger partial charge >= 0.3 is 0 Å². The van der Waals surface area contributed by atoms with Crippen LogP contribution >= 0.6 is 0 Å². The zero-order valence-corrected chi connectivity index (χ0v) is 30.8. The highest BCUT2D eigenvalue weighted by molar-refractivity contribution is 5.26. The predicted molar refractivity (Wildman–Crippen MR) is 181 cm³/mol. The second-order valence-electron chi connectivity index (χ2n) is 17.9. The van der Waals surface area contributed by atoms with Gasteiger partial charge in [0.2, 0.25) is 0 Å². The Balaban J connectivity index is 1.04. The van der Waals surface area contributed by atoms with Crippen LogP contribution in [0.15, 0.2) is 11.6 Å². The molecule has 14 heteroatoms. The van der Waals surface area contributed by atoms with Gasteiger partial charge in [-0.15, -0.1) is 0 Å². The van der Waals surface area contributed by atoms with Crippen molar-refractivity contribution in [2.75, 3.05) is 13.2 Å². The molecule has 0 aromatic heterocycles. The van der Waals surface area contributed by atoms with Gasteiger partial charge in [-0.05, 0) is 91.8 Å². The molecule has 0 bridgehead atoms.